The van der Waals surface area contributed by atoms with Gasteiger partial charge in [0.25, 0.3) is 0 Å². The predicted molar refractivity (Wildman–Crippen MR) is 80.2 cm³/mol. The Hall–Kier alpha value is -1.63. The molecule has 2 N–H and O–H groups in total. The van der Waals surface area contributed by atoms with Gasteiger partial charge in [-0.2, -0.15) is 15.0 Å². The van der Waals surface area contributed by atoms with Gasteiger partial charge in [-0.05, 0) is 24.4 Å². The van der Waals surface area contributed by atoms with E-state index in [0.29, 0.717) is 18.4 Å². The minimum Gasteiger partial charge on any atom is -0.355 e. The van der Waals surface area contributed by atoms with Crippen molar-refractivity contribution >= 4 is 29.4 Å². The first-order valence-electron chi connectivity index (χ1n) is 6.70. The second-order valence-corrected chi connectivity index (χ2v) is 4.70. The van der Waals surface area contributed by atoms with Gasteiger partial charge >= 0.3 is 0 Å². The molecule has 0 saturated heterocycles. The Morgan fingerprint density at radius 3 is 2.55 bits per heavy atom. The zero-order valence-electron chi connectivity index (χ0n) is 12.1. The highest BCUT2D eigenvalue weighted by molar-refractivity contribution is 6.28. The number of aromatic nitrogens is 3. The number of carbonyl (C=O) groups is 1. The van der Waals surface area contributed by atoms with E-state index in [1.807, 2.05) is 13.8 Å². The van der Waals surface area contributed by atoms with Crippen LogP contribution >= 0.6 is 11.6 Å². The van der Waals surface area contributed by atoms with Crippen LogP contribution in [0.25, 0.3) is 0 Å². The van der Waals surface area contributed by atoms with Crippen LogP contribution in [0.2, 0.25) is 5.28 Å². The number of likely N-dealkylation sites (N-methyl/N-ethyl adjacent to an activating group) is 1. The number of nitrogens with zero attached hydrogens (tertiary/aromatic N) is 4. The van der Waals surface area contributed by atoms with E-state index in [2.05, 4.69) is 25.6 Å². The first-order chi connectivity index (χ1) is 9.56. The standard InChI is InChI=1S/C12H21ClN6O/c1-4-6-14-9(20)8-19(3)12-17-10(13)16-11(18-12)15-7-5-2/h4-8H2,1-3H3,(H,14,20)(H,15,16,17,18). The van der Waals surface area contributed by atoms with Crippen molar-refractivity contribution < 1.29 is 4.79 Å². The number of hydrogen-bond donors (Lipinski definition) is 2. The summed E-state index contributed by atoms with van der Waals surface area (Å²) in [6.45, 7) is 5.63. The summed E-state index contributed by atoms with van der Waals surface area (Å²) in [6, 6.07) is 0. The summed E-state index contributed by atoms with van der Waals surface area (Å²) in [5.74, 6) is 0.715. The van der Waals surface area contributed by atoms with Crippen LogP contribution in [0.4, 0.5) is 11.9 Å². The molecule has 1 heterocycles. The smallest absolute Gasteiger partial charge is 0.239 e. The summed E-state index contributed by atoms with van der Waals surface area (Å²) in [5, 5.41) is 5.95. The van der Waals surface area contributed by atoms with Crippen LogP contribution in [-0.4, -0.2) is 47.5 Å². The molecule has 1 amide bonds. The Morgan fingerprint density at radius 1 is 1.20 bits per heavy atom. The topological polar surface area (TPSA) is 83.0 Å². The van der Waals surface area contributed by atoms with Crippen molar-refractivity contribution in [3.05, 3.63) is 5.28 Å². The van der Waals surface area contributed by atoms with Crippen molar-refractivity contribution in [2.24, 2.45) is 0 Å². The molecule has 0 aliphatic carbocycles. The van der Waals surface area contributed by atoms with Gasteiger partial charge in [0.1, 0.15) is 0 Å². The number of nitrogens with one attached hydrogen (secondary N) is 2. The van der Waals surface area contributed by atoms with Crippen molar-refractivity contribution in [3.63, 3.8) is 0 Å². The van der Waals surface area contributed by atoms with E-state index in [0.717, 1.165) is 19.4 Å². The highest BCUT2D eigenvalue weighted by Gasteiger charge is 2.12. The lowest BCUT2D eigenvalue weighted by atomic mass is 10.4. The summed E-state index contributed by atoms with van der Waals surface area (Å²) >= 11 is 5.86. The number of halogens is 1. The molecule has 0 bridgehead atoms. The SMILES string of the molecule is CCCNC(=O)CN(C)c1nc(Cl)nc(NCCC)n1. The van der Waals surface area contributed by atoms with Gasteiger partial charge in [0.15, 0.2) is 0 Å². The van der Waals surface area contributed by atoms with Crippen LogP contribution < -0.4 is 15.5 Å². The van der Waals surface area contributed by atoms with Gasteiger partial charge in [-0.3, -0.25) is 4.79 Å². The summed E-state index contributed by atoms with van der Waals surface area (Å²) in [7, 11) is 1.74. The van der Waals surface area contributed by atoms with E-state index in [1.165, 1.54) is 0 Å². The molecule has 0 aliphatic rings. The van der Waals surface area contributed by atoms with Crippen molar-refractivity contribution in [2.45, 2.75) is 26.7 Å². The second kappa shape index (κ2) is 8.52. The molecule has 7 nitrogen and oxygen atoms in total. The molecule has 1 aromatic heterocycles. The number of amides is 1. The average Bonchev–Trinajstić information content (AvgIpc) is 2.42. The lowest BCUT2D eigenvalue weighted by Crippen LogP contribution is -2.36. The van der Waals surface area contributed by atoms with Gasteiger partial charge < -0.3 is 15.5 Å². The third-order valence-electron chi connectivity index (χ3n) is 2.42. The van der Waals surface area contributed by atoms with Crippen molar-refractivity contribution in [2.75, 3.05) is 36.9 Å². The Balaban J connectivity index is 2.68. The van der Waals surface area contributed by atoms with Gasteiger partial charge in [0.2, 0.25) is 23.1 Å². The molecule has 0 fully saturated rings. The highest BCUT2D eigenvalue weighted by Crippen LogP contribution is 2.12. The van der Waals surface area contributed by atoms with Gasteiger partial charge in [-0.15, -0.1) is 0 Å². The predicted octanol–water partition coefficient (Wildman–Crippen LogP) is 1.31. The summed E-state index contributed by atoms with van der Waals surface area (Å²) in [4.78, 5) is 25.5. The van der Waals surface area contributed by atoms with E-state index < -0.39 is 0 Å². The molecule has 112 valence electrons. The van der Waals surface area contributed by atoms with Gasteiger partial charge in [0, 0.05) is 20.1 Å². The third kappa shape index (κ3) is 5.56. The molecule has 1 rings (SSSR count). The molecule has 0 saturated carbocycles. The van der Waals surface area contributed by atoms with Crippen LogP contribution in [0.3, 0.4) is 0 Å². The van der Waals surface area contributed by atoms with Crippen molar-refractivity contribution in [1.82, 2.24) is 20.3 Å². The summed E-state index contributed by atoms with van der Waals surface area (Å²) in [6.07, 6.45) is 1.85. The van der Waals surface area contributed by atoms with Crippen LogP contribution in [0.1, 0.15) is 26.7 Å². The van der Waals surface area contributed by atoms with E-state index in [1.54, 1.807) is 11.9 Å². The summed E-state index contributed by atoms with van der Waals surface area (Å²) < 4.78 is 0. The molecule has 0 unspecified atom stereocenters. The molecule has 0 aromatic carbocycles. The highest BCUT2D eigenvalue weighted by atomic mass is 35.5. The van der Waals surface area contributed by atoms with Crippen LogP contribution in [-0.2, 0) is 4.79 Å². The molecular formula is C12H21ClN6O. The quantitative estimate of drug-likeness (QED) is 0.753. The molecule has 8 heteroatoms. The van der Waals surface area contributed by atoms with Crippen molar-refractivity contribution in [1.29, 1.82) is 0 Å². The molecule has 0 radical (unpaired) electrons. The maximum atomic E-state index is 11.7. The van der Waals surface area contributed by atoms with Gasteiger partial charge in [0.05, 0.1) is 6.54 Å². The van der Waals surface area contributed by atoms with E-state index >= 15 is 0 Å². The Kier molecular flexibility index (Phi) is 7.00. The first-order valence-corrected chi connectivity index (χ1v) is 7.07. The zero-order valence-corrected chi connectivity index (χ0v) is 12.9. The first kappa shape index (κ1) is 16.4. The Morgan fingerprint density at radius 2 is 1.90 bits per heavy atom. The van der Waals surface area contributed by atoms with Crippen LogP contribution in [0.15, 0.2) is 0 Å². The van der Waals surface area contributed by atoms with Crippen LogP contribution in [0.5, 0.6) is 0 Å². The van der Waals surface area contributed by atoms with E-state index in [9.17, 15) is 4.79 Å². The fraction of sp³-hybridized carbons (Fsp3) is 0.667. The monoisotopic (exact) mass is 300 g/mol. The fourth-order valence-electron chi connectivity index (χ4n) is 1.43. The third-order valence-corrected chi connectivity index (χ3v) is 2.59. The maximum Gasteiger partial charge on any atom is 0.239 e. The van der Waals surface area contributed by atoms with E-state index in [4.69, 9.17) is 11.6 Å². The Labute approximate surface area is 124 Å². The number of carbonyl (C=O) groups excluding carboxylic acids is 1. The minimum absolute atomic E-state index is 0.0750. The van der Waals surface area contributed by atoms with Crippen LogP contribution in [0, 0.1) is 0 Å². The number of rotatable bonds is 8. The van der Waals surface area contributed by atoms with Gasteiger partial charge in [-0.1, -0.05) is 13.8 Å². The normalized spacial score (nSPS) is 10.2. The molecule has 0 atom stereocenters. The minimum atomic E-state index is -0.0750. The molecular weight excluding hydrogens is 280 g/mol. The zero-order chi connectivity index (χ0) is 15.0. The molecule has 0 aliphatic heterocycles. The largest absolute Gasteiger partial charge is 0.355 e. The van der Waals surface area contributed by atoms with Gasteiger partial charge in [-0.25, -0.2) is 0 Å². The van der Waals surface area contributed by atoms with Crippen molar-refractivity contribution in [3.8, 4) is 0 Å². The molecule has 0 spiro atoms. The lowest BCUT2D eigenvalue weighted by Gasteiger charge is -2.17. The molecule has 1 aromatic rings. The summed E-state index contributed by atoms with van der Waals surface area (Å²) in [5.41, 5.74) is 0. The van der Waals surface area contributed by atoms with E-state index in [-0.39, 0.29) is 17.7 Å². The average molecular weight is 301 g/mol. The number of hydrogen-bond acceptors (Lipinski definition) is 6. The lowest BCUT2D eigenvalue weighted by molar-refractivity contribution is -0.119. The maximum absolute atomic E-state index is 11.7. The fourth-order valence-corrected chi connectivity index (χ4v) is 1.59. The number of anilines is 2. The molecule has 20 heavy (non-hydrogen) atoms. The second-order valence-electron chi connectivity index (χ2n) is 4.36. The Bertz CT molecular complexity index is 442.